The van der Waals surface area contributed by atoms with Crippen molar-refractivity contribution in [2.24, 2.45) is 11.8 Å². The summed E-state index contributed by atoms with van der Waals surface area (Å²) in [4.78, 5) is 0. The van der Waals surface area contributed by atoms with Gasteiger partial charge in [0.1, 0.15) is 0 Å². The highest BCUT2D eigenvalue weighted by Crippen LogP contribution is 2.34. The molecule has 1 saturated carbocycles. The van der Waals surface area contributed by atoms with Gasteiger partial charge in [-0.15, -0.1) is 0 Å². The molecule has 0 bridgehead atoms. The Bertz CT molecular complexity index is 705. The Kier molecular flexibility index (Phi) is 9.02. The number of hydrogen-bond donors (Lipinski definition) is 0. The number of rotatable bonds is 11. The zero-order valence-corrected chi connectivity index (χ0v) is 18.2. The molecule has 1 nitrogen and oxygen atoms in total. The third-order valence-corrected chi connectivity index (χ3v) is 6.50. The largest absolute Gasteiger partial charge is 0.377 e. The molecule has 0 unspecified atom stereocenters. The summed E-state index contributed by atoms with van der Waals surface area (Å²) in [6.07, 6.45) is 13.8. The van der Waals surface area contributed by atoms with Crippen LogP contribution in [0.4, 0.5) is 0 Å². The standard InChI is InChI=1S/C28H38O/c1-3-21-29-22-28-19-17-27(18-20-28)16-15-26-13-11-25(12-14-26)10-9-24-7-5-23(4-2)6-8-24/h4-8,17-20,25-26H,2-3,9-16,21-22H2,1H3/t25-,26-. The Hall–Kier alpha value is -1.86. The monoisotopic (exact) mass is 390 g/mol. The molecule has 0 aliphatic heterocycles. The van der Waals surface area contributed by atoms with E-state index in [4.69, 9.17) is 4.74 Å². The van der Waals surface area contributed by atoms with Crippen LogP contribution in [-0.2, 0) is 24.2 Å². The van der Waals surface area contributed by atoms with Gasteiger partial charge in [0.15, 0.2) is 0 Å². The van der Waals surface area contributed by atoms with Gasteiger partial charge in [-0.25, -0.2) is 0 Å². The van der Waals surface area contributed by atoms with Gasteiger partial charge in [0.2, 0.25) is 0 Å². The van der Waals surface area contributed by atoms with Crippen LogP contribution in [0.5, 0.6) is 0 Å². The average Bonchev–Trinajstić information content (AvgIpc) is 2.78. The molecule has 0 heterocycles. The normalized spacial score (nSPS) is 19.2. The zero-order chi connectivity index (χ0) is 20.3. The van der Waals surface area contributed by atoms with Crippen LogP contribution >= 0.6 is 0 Å². The summed E-state index contributed by atoms with van der Waals surface area (Å²) in [6.45, 7) is 7.59. The van der Waals surface area contributed by atoms with E-state index in [1.165, 1.54) is 73.6 Å². The highest BCUT2D eigenvalue weighted by molar-refractivity contribution is 5.47. The molecule has 2 aromatic carbocycles. The van der Waals surface area contributed by atoms with E-state index in [2.05, 4.69) is 62.0 Å². The van der Waals surface area contributed by atoms with Crippen molar-refractivity contribution >= 4 is 6.08 Å². The molecular formula is C28H38O. The number of hydrogen-bond acceptors (Lipinski definition) is 1. The fraction of sp³-hybridized carbons (Fsp3) is 0.500. The Morgan fingerprint density at radius 2 is 1.28 bits per heavy atom. The topological polar surface area (TPSA) is 9.23 Å². The molecule has 156 valence electrons. The van der Waals surface area contributed by atoms with Gasteiger partial charge in [0.05, 0.1) is 6.61 Å². The van der Waals surface area contributed by atoms with E-state index < -0.39 is 0 Å². The molecule has 1 fully saturated rings. The van der Waals surface area contributed by atoms with Crippen LogP contribution in [0, 0.1) is 11.8 Å². The average molecular weight is 391 g/mol. The van der Waals surface area contributed by atoms with Gasteiger partial charge in [0, 0.05) is 6.61 Å². The van der Waals surface area contributed by atoms with Crippen LogP contribution in [0.3, 0.4) is 0 Å². The van der Waals surface area contributed by atoms with Crippen LogP contribution in [0.15, 0.2) is 55.1 Å². The summed E-state index contributed by atoms with van der Waals surface area (Å²) in [7, 11) is 0. The fourth-order valence-corrected chi connectivity index (χ4v) is 4.51. The van der Waals surface area contributed by atoms with E-state index in [1.54, 1.807) is 0 Å². The van der Waals surface area contributed by atoms with Gasteiger partial charge < -0.3 is 4.74 Å². The molecule has 2 aromatic rings. The third-order valence-electron chi connectivity index (χ3n) is 6.50. The molecule has 0 spiro atoms. The molecule has 1 heteroatoms. The first-order valence-corrected chi connectivity index (χ1v) is 11.6. The highest BCUT2D eigenvalue weighted by Gasteiger charge is 2.20. The van der Waals surface area contributed by atoms with Gasteiger partial charge >= 0.3 is 0 Å². The summed E-state index contributed by atoms with van der Waals surface area (Å²) in [6, 6.07) is 18.0. The molecule has 0 radical (unpaired) electrons. The molecule has 0 aromatic heterocycles. The van der Waals surface area contributed by atoms with Crippen molar-refractivity contribution in [3.05, 3.63) is 77.4 Å². The van der Waals surface area contributed by atoms with Crippen molar-refractivity contribution in [3.63, 3.8) is 0 Å². The van der Waals surface area contributed by atoms with Crippen molar-refractivity contribution in [3.8, 4) is 0 Å². The number of benzene rings is 2. The predicted octanol–water partition coefficient (Wildman–Crippen LogP) is 7.63. The van der Waals surface area contributed by atoms with Crippen molar-refractivity contribution in [2.45, 2.75) is 71.3 Å². The lowest BCUT2D eigenvalue weighted by atomic mass is 9.77. The third kappa shape index (κ3) is 7.48. The van der Waals surface area contributed by atoms with Crippen LogP contribution in [0.25, 0.3) is 6.08 Å². The van der Waals surface area contributed by atoms with E-state index in [-0.39, 0.29) is 0 Å². The molecule has 3 rings (SSSR count). The maximum absolute atomic E-state index is 5.63. The molecule has 0 N–H and O–H groups in total. The summed E-state index contributed by atoms with van der Waals surface area (Å²) >= 11 is 0. The van der Waals surface area contributed by atoms with Crippen molar-refractivity contribution in [2.75, 3.05) is 6.61 Å². The molecular weight excluding hydrogens is 352 g/mol. The van der Waals surface area contributed by atoms with Gasteiger partial charge in [-0.3, -0.25) is 0 Å². The fourth-order valence-electron chi connectivity index (χ4n) is 4.51. The molecule has 0 saturated heterocycles. The van der Waals surface area contributed by atoms with Crippen LogP contribution in [0.2, 0.25) is 0 Å². The van der Waals surface area contributed by atoms with Crippen molar-refractivity contribution in [1.29, 1.82) is 0 Å². The van der Waals surface area contributed by atoms with E-state index in [0.29, 0.717) is 0 Å². The minimum atomic E-state index is 0.747. The zero-order valence-electron chi connectivity index (χ0n) is 18.2. The van der Waals surface area contributed by atoms with Crippen molar-refractivity contribution in [1.82, 2.24) is 0 Å². The summed E-state index contributed by atoms with van der Waals surface area (Å²) in [5.74, 6) is 1.85. The van der Waals surface area contributed by atoms with E-state index >= 15 is 0 Å². The molecule has 0 amide bonds. The Balaban J connectivity index is 1.32. The maximum atomic E-state index is 5.63. The minimum absolute atomic E-state index is 0.747. The van der Waals surface area contributed by atoms with Gasteiger partial charge in [-0.05, 0) is 66.2 Å². The summed E-state index contributed by atoms with van der Waals surface area (Å²) in [5, 5.41) is 0. The summed E-state index contributed by atoms with van der Waals surface area (Å²) in [5.41, 5.74) is 5.46. The van der Waals surface area contributed by atoms with Gasteiger partial charge in [-0.1, -0.05) is 93.8 Å². The van der Waals surface area contributed by atoms with E-state index in [9.17, 15) is 0 Å². The Labute approximate surface area is 178 Å². The van der Waals surface area contributed by atoms with Gasteiger partial charge in [0.25, 0.3) is 0 Å². The van der Waals surface area contributed by atoms with Crippen LogP contribution in [-0.4, -0.2) is 6.61 Å². The highest BCUT2D eigenvalue weighted by atomic mass is 16.5. The number of ether oxygens (including phenoxy) is 1. The number of aryl methyl sites for hydroxylation is 2. The first-order valence-electron chi connectivity index (χ1n) is 11.6. The van der Waals surface area contributed by atoms with Gasteiger partial charge in [-0.2, -0.15) is 0 Å². The molecule has 29 heavy (non-hydrogen) atoms. The van der Waals surface area contributed by atoms with E-state index in [1.807, 2.05) is 6.08 Å². The second-order valence-corrected chi connectivity index (χ2v) is 8.78. The quantitative estimate of drug-likeness (QED) is 0.358. The maximum Gasteiger partial charge on any atom is 0.0716 e. The second-order valence-electron chi connectivity index (χ2n) is 8.78. The Morgan fingerprint density at radius 1 is 0.793 bits per heavy atom. The smallest absolute Gasteiger partial charge is 0.0716 e. The lowest BCUT2D eigenvalue weighted by Gasteiger charge is -2.28. The van der Waals surface area contributed by atoms with Crippen molar-refractivity contribution < 1.29 is 4.74 Å². The molecule has 1 aliphatic rings. The molecule has 0 atom stereocenters. The first kappa shape index (κ1) is 21.8. The SMILES string of the molecule is C=Cc1ccc(CC[C@H]2CC[C@H](CCc3ccc(COCCC)cc3)CC2)cc1. The lowest BCUT2D eigenvalue weighted by molar-refractivity contribution is 0.121. The second kappa shape index (κ2) is 12.0. The first-order chi connectivity index (χ1) is 14.3. The Morgan fingerprint density at radius 3 is 1.76 bits per heavy atom. The minimum Gasteiger partial charge on any atom is -0.377 e. The van der Waals surface area contributed by atoms with E-state index in [0.717, 1.165) is 31.5 Å². The van der Waals surface area contributed by atoms with Crippen LogP contribution < -0.4 is 0 Å². The predicted molar refractivity (Wildman–Crippen MR) is 125 cm³/mol. The summed E-state index contributed by atoms with van der Waals surface area (Å²) < 4.78 is 5.63. The molecule has 1 aliphatic carbocycles. The lowest BCUT2D eigenvalue weighted by Crippen LogP contribution is -2.15. The van der Waals surface area contributed by atoms with Crippen LogP contribution in [0.1, 0.15) is 74.1 Å².